The van der Waals surface area contributed by atoms with Gasteiger partial charge in [-0.05, 0) is 30.0 Å². The summed E-state index contributed by atoms with van der Waals surface area (Å²) in [6.07, 6.45) is 3.75. The highest BCUT2D eigenvalue weighted by atomic mass is 14.6. The van der Waals surface area contributed by atoms with Crippen molar-refractivity contribution in [3.63, 3.8) is 0 Å². The van der Waals surface area contributed by atoms with Crippen LogP contribution in [0.2, 0.25) is 0 Å². The van der Waals surface area contributed by atoms with Crippen LogP contribution in [0.3, 0.4) is 0 Å². The minimum Gasteiger partial charge on any atom is -0.264 e. The predicted octanol–water partition coefficient (Wildman–Crippen LogP) is 4.18. The van der Waals surface area contributed by atoms with E-state index < -0.39 is 0 Å². The Morgan fingerprint density at radius 2 is 1.94 bits per heavy atom. The molecule has 0 fully saturated rings. The highest BCUT2D eigenvalue weighted by Gasteiger charge is 2.08. The largest absolute Gasteiger partial charge is 0.264 e. The highest BCUT2D eigenvalue weighted by Crippen LogP contribution is 2.29. The van der Waals surface area contributed by atoms with Gasteiger partial charge in [-0.3, -0.25) is 4.98 Å². The van der Waals surface area contributed by atoms with E-state index in [0.717, 1.165) is 0 Å². The Balaban J connectivity index is 2.58. The second-order valence-electron chi connectivity index (χ2n) is 4.49. The Kier molecular flexibility index (Phi) is 3.04. The molecule has 1 nitrogen and oxygen atoms in total. The van der Waals surface area contributed by atoms with E-state index in [0.29, 0.717) is 5.92 Å². The normalized spacial score (nSPS) is 10.8. The average molecular weight is 211 g/mol. The zero-order valence-electron chi connectivity index (χ0n) is 10.1. The molecule has 1 heterocycles. The monoisotopic (exact) mass is 211 g/mol. The van der Waals surface area contributed by atoms with Gasteiger partial charge in [0.15, 0.2) is 0 Å². The van der Waals surface area contributed by atoms with Crippen LogP contribution < -0.4 is 0 Å². The molecule has 0 saturated carbocycles. The lowest BCUT2D eigenvalue weighted by Crippen LogP contribution is -1.93. The van der Waals surface area contributed by atoms with Crippen molar-refractivity contribution in [2.45, 2.75) is 26.7 Å². The molecule has 0 spiro atoms. The van der Waals surface area contributed by atoms with Crippen LogP contribution in [0.25, 0.3) is 11.1 Å². The van der Waals surface area contributed by atoms with E-state index in [1.807, 2.05) is 18.5 Å². The van der Waals surface area contributed by atoms with Crippen molar-refractivity contribution in [1.82, 2.24) is 4.98 Å². The molecule has 82 valence electrons. The maximum atomic E-state index is 4.19. The van der Waals surface area contributed by atoms with Gasteiger partial charge in [0.25, 0.3) is 0 Å². The standard InChI is InChI=1S/C15H17N/c1-11(2)14-7-6-12(3)9-15(14)13-5-4-8-16-10-13/h4-11H,1-3H3. The Morgan fingerprint density at radius 3 is 2.56 bits per heavy atom. The highest BCUT2D eigenvalue weighted by molar-refractivity contribution is 5.67. The lowest BCUT2D eigenvalue weighted by atomic mass is 9.92. The first kappa shape index (κ1) is 10.9. The van der Waals surface area contributed by atoms with Gasteiger partial charge in [0.2, 0.25) is 0 Å². The molecule has 0 aliphatic rings. The zero-order valence-corrected chi connectivity index (χ0v) is 10.1. The van der Waals surface area contributed by atoms with E-state index in [1.54, 1.807) is 0 Å². The third-order valence-corrected chi connectivity index (χ3v) is 2.80. The number of benzene rings is 1. The summed E-state index contributed by atoms with van der Waals surface area (Å²) < 4.78 is 0. The first-order valence-corrected chi connectivity index (χ1v) is 5.69. The van der Waals surface area contributed by atoms with Gasteiger partial charge >= 0.3 is 0 Å². The number of aryl methyl sites for hydroxylation is 1. The van der Waals surface area contributed by atoms with Crippen molar-refractivity contribution in [3.8, 4) is 11.1 Å². The molecule has 1 heteroatoms. The van der Waals surface area contributed by atoms with Crippen LogP contribution in [-0.4, -0.2) is 4.98 Å². The summed E-state index contributed by atoms with van der Waals surface area (Å²) in [5.74, 6) is 0.538. The van der Waals surface area contributed by atoms with E-state index in [2.05, 4.69) is 50.0 Å². The number of aromatic nitrogens is 1. The number of hydrogen-bond donors (Lipinski definition) is 0. The number of pyridine rings is 1. The SMILES string of the molecule is Cc1ccc(C(C)C)c(-c2cccnc2)c1. The van der Waals surface area contributed by atoms with Crippen LogP contribution in [0.15, 0.2) is 42.7 Å². The predicted molar refractivity (Wildman–Crippen MR) is 68.5 cm³/mol. The summed E-state index contributed by atoms with van der Waals surface area (Å²) in [6, 6.07) is 10.7. The van der Waals surface area contributed by atoms with E-state index >= 15 is 0 Å². The second-order valence-corrected chi connectivity index (χ2v) is 4.49. The summed E-state index contributed by atoms with van der Waals surface area (Å²) >= 11 is 0. The van der Waals surface area contributed by atoms with Gasteiger partial charge in [0.05, 0.1) is 0 Å². The number of rotatable bonds is 2. The van der Waals surface area contributed by atoms with Gasteiger partial charge in [0, 0.05) is 18.0 Å². The Bertz CT molecular complexity index is 472. The fraction of sp³-hybridized carbons (Fsp3) is 0.267. The number of hydrogen-bond acceptors (Lipinski definition) is 1. The van der Waals surface area contributed by atoms with Gasteiger partial charge in [-0.2, -0.15) is 0 Å². The molecule has 1 aromatic carbocycles. The first-order valence-electron chi connectivity index (χ1n) is 5.69. The lowest BCUT2D eigenvalue weighted by molar-refractivity contribution is 0.868. The topological polar surface area (TPSA) is 12.9 Å². The van der Waals surface area contributed by atoms with Crippen LogP contribution >= 0.6 is 0 Å². The first-order chi connectivity index (χ1) is 7.68. The summed E-state index contributed by atoms with van der Waals surface area (Å²) in [5, 5.41) is 0. The van der Waals surface area contributed by atoms with Crippen LogP contribution in [0, 0.1) is 6.92 Å². The van der Waals surface area contributed by atoms with Gasteiger partial charge in [-0.15, -0.1) is 0 Å². The van der Waals surface area contributed by atoms with E-state index in [4.69, 9.17) is 0 Å². The smallest absolute Gasteiger partial charge is 0.0346 e. The van der Waals surface area contributed by atoms with Gasteiger partial charge in [-0.25, -0.2) is 0 Å². The number of nitrogens with zero attached hydrogens (tertiary/aromatic N) is 1. The van der Waals surface area contributed by atoms with Gasteiger partial charge < -0.3 is 0 Å². The average Bonchev–Trinajstić information content (AvgIpc) is 2.29. The molecule has 0 N–H and O–H groups in total. The molecule has 0 aliphatic carbocycles. The van der Waals surface area contributed by atoms with Crippen LogP contribution in [0.5, 0.6) is 0 Å². The fourth-order valence-electron chi connectivity index (χ4n) is 1.95. The minimum absolute atomic E-state index is 0.538. The quantitative estimate of drug-likeness (QED) is 0.726. The molecule has 0 unspecified atom stereocenters. The molecule has 0 atom stereocenters. The molecular formula is C15H17N. The molecular weight excluding hydrogens is 194 g/mol. The molecule has 0 aliphatic heterocycles. The van der Waals surface area contributed by atoms with Crippen LogP contribution in [0.4, 0.5) is 0 Å². The molecule has 0 amide bonds. The van der Waals surface area contributed by atoms with Crippen LogP contribution in [-0.2, 0) is 0 Å². The molecule has 0 saturated heterocycles. The van der Waals surface area contributed by atoms with Crippen molar-refractivity contribution in [1.29, 1.82) is 0 Å². The molecule has 0 radical (unpaired) electrons. The molecule has 16 heavy (non-hydrogen) atoms. The van der Waals surface area contributed by atoms with Crippen LogP contribution in [0.1, 0.15) is 30.9 Å². The maximum absolute atomic E-state index is 4.19. The second kappa shape index (κ2) is 4.48. The third kappa shape index (κ3) is 2.13. The Labute approximate surface area is 97.2 Å². The molecule has 2 aromatic rings. The van der Waals surface area contributed by atoms with Gasteiger partial charge in [-0.1, -0.05) is 43.7 Å². The lowest BCUT2D eigenvalue weighted by Gasteiger charge is -2.13. The van der Waals surface area contributed by atoms with Crippen molar-refractivity contribution in [3.05, 3.63) is 53.9 Å². The summed E-state index contributed by atoms with van der Waals surface area (Å²) in [7, 11) is 0. The molecule has 0 bridgehead atoms. The zero-order chi connectivity index (χ0) is 11.5. The van der Waals surface area contributed by atoms with Crippen molar-refractivity contribution < 1.29 is 0 Å². The van der Waals surface area contributed by atoms with E-state index in [1.165, 1.54) is 22.3 Å². The Morgan fingerprint density at radius 1 is 1.12 bits per heavy atom. The Hall–Kier alpha value is -1.63. The molecule has 1 aromatic heterocycles. The van der Waals surface area contributed by atoms with Crippen molar-refractivity contribution in [2.24, 2.45) is 0 Å². The fourth-order valence-corrected chi connectivity index (χ4v) is 1.95. The van der Waals surface area contributed by atoms with E-state index in [9.17, 15) is 0 Å². The summed E-state index contributed by atoms with van der Waals surface area (Å²) in [4.78, 5) is 4.19. The van der Waals surface area contributed by atoms with Crippen molar-refractivity contribution in [2.75, 3.05) is 0 Å². The molecule has 2 rings (SSSR count). The minimum atomic E-state index is 0.538. The maximum Gasteiger partial charge on any atom is 0.0346 e. The van der Waals surface area contributed by atoms with E-state index in [-0.39, 0.29) is 0 Å². The summed E-state index contributed by atoms with van der Waals surface area (Å²) in [6.45, 7) is 6.58. The van der Waals surface area contributed by atoms with Gasteiger partial charge in [0.1, 0.15) is 0 Å². The summed E-state index contributed by atoms with van der Waals surface area (Å²) in [5.41, 5.74) is 5.19. The third-order valence-electron chi connectivity index (χ3n) is 2.80. The van der Waals surface area contributed by atoms with Crippen molar-refractivity contribution >= 4 is 0 Å².